The van der Waals surface area contributed by atoms with Crippen molar-refractivity contribution in [3.63, 3.8) is 0 Å². The molecule has 4 nitrogen and oxygen atoms in total. The average Bonchev–Trinajstić information content (AvgIpc) is 2.55. The number of anilines is 2. The first kappa shape index (κ1) is 18.0. The van der Waals surface area contributed by atoms with Gasteiger partial charge in [0.1, 0.15) is 5.69 Å². The maximum atomic E-state index is 12.4. The van der Waals surface area contributed by atoms with Gasteiger partial charge < -0.3 is 10.6 Å². The highest BCUT2D eigenvalue weighted by Gasteiger charge is 2.09. The lowest BCUT2D eigenvalue weighted by atomic mass is 10.0. The molecule has 0 aliphatic heterocycles. The maximum Gasteiger partial charge on any atom is 0.274 e. The number of hydrogen-bond acceptors (Lipinski definition) is 3. The zero-order valence-electron chi connectivity index (χ0n) is 15.0. The predicted molar refractivity (Wildman–Crippen MR) is 101 cm³/mol. The molecule has 0 aliphatic carbocycles. The van der Waals surface area contributed by atoms with Crippen LogP contribution in [-0.4, -0.2) is 17.4 Å². The molecule has 24 heavy (non-hydrogen) atoms. The van der Waals surface area contributed by atoms with E-state index in [1.165, 1.54) is 5.56 Å². The number of pyridine rings is 1. The number of benzene rings is 1. The Morgan fingerprint density at radius 1 is 1.04 bits per heavy atom. The Balaban J connectivity index is 1.99. The van der Waals surface area contributed by atoms with Gasteiger partial charge in [0.2, 0.25) is 0 Å². The molecule has 128 valence electrons. The number of rotatable bonds is 7. The highest BCUT2D eigenvalue weighted by molar-refractivity contribution is 6.03. The Morgan fingerprint density at radius 3 is 2.38 bits per heavy atom. The molecule has 1 aromatic heterocycles. The summed E-state index contributed by atoms with van der Waals surface area (Å²) in [6.45, 7) is 9.57. The van der Waals surface area contributed by atoms with Crippen LogP contribution in [0, 0.1) is 5.92 Å². The fraction of sp³-hybridized carbons (Fsp3) is 0.400. The number of aromatic nitrogens is 1. The highest BCUT2D eigenvalue weighted by Crippen LogP contribution is 2.18. The normalized spacial score (nSPS) is 10.9. The van der Waals surface area contributed by atoms with Gasteiger partial charge in [0.05, 0.1) is 0 Å². The van der Waals surface area contributed by atoms with Crippen LogP contribution in [0.25, 0.3) is 0 Å². The van der Waals surface area contributed by atoms with Crippen molar-refractivity contribution < 1.29 is 4.79 Å². The van der Waals surface area contributed by atoms with E-state index in [0.717, 1.165) is 24.3 Å². The van der Waals surface area contributed by atoms with E-state index in [2.05, 4.69) is 43.3 Å². The van der Waals surface area contributed by atoms with Crippen LogP contribution < -0.4 is 10.6 Å². The van der Waals surface area contributed by atoms with Crippen LogP contribution in [0.1, 0.15) is 56.1 Å². The minimum Gasteiger partial charge on any atom is -0.385 e. The molecule has 0 saturated carbocycles. The second-order valence-electron chi connectivity index (χ2n) is 6.77. The number of amides is 1. The predicted octanol–water partition coefficient (Wildman–Crippen LogP) is 4.92. The lowest BCUT2D eigenvalue weighted by molar-refractivity contribution is 0.102. The van der Waals surface area contributed by atoms with Crippen molar-refractivity contribution in [1.82, 2.24) is 4.98 Å². The molecule has 1 amide bonds. The van der Waals surface area contributed by atoms with Gasteiger partial charge in [0.15, 0.2) is 0 Å². The third kappa shape index (κ3) is 5.37. The van der Waals surface area contributed by atoms with Crippen molar-refractivity contribution in [3.05, 3.63) is 53.9 Å². The van der Waals surface area contributed by atoms with E-state index in [0.29, 0.717) is 17.5 Å². The fourth-order valence-corrected chi connectivity index (χ4v) is 2.32. The first-order chi connectivity index (χ1) is 11.5. The Morgan fingerprint density at radius 2 is 1.75 bits per heavy atom. The van der Waals surface area contributed by atoms with Crippen LogP contribution >= 0.6 is 0 Å². The van der Waals surface area contributed by atoms with E-state index < -0.39 is 0 Å². The van der Waals surface area contributed by atoms with Crippen molar-refractivity contribution in [2.24, 2.45) is 5.92 Å². The van der Waals surface area contributed by atoms with Gasteiger partial charge in [0, 0.05) is 24.1 Å². The fourth-order valence-electron chi connectivity index (χ4n) is 2.32. The SMILES string of the molecule is CC(C)CCNc1ccnc(C(=O)Nc2ccc(C(C)C)cc2)c1. The molecule has 2 rings (SSSR count). The molecule has 4 heteroatoms. The third-order valence-electron chi connectivity index (χ3n) is 3.88. The number of nitrogens with zero attached hydrogens (tertiary/aromatic N) is 1. The van der Waals surface area contributed by atoms with E-state index in [1.807, 2.05) is 30.3 Å². The van der Waals surface area contributed by atoms with Gasteiger partial charge in [-0.3, -0.25) is 9.78 Å². The molecule has 0 aliphatic rings. The van der Waals surface area contributed by atoms with Crippen LogP contribution in [0.3, 0.4) is 0 Å². The summed E-state index contributed by atoms with van der Waals surface area (Å²) in [6.07, 6.45) is 2.75. The molecule has 0 atom stereocenters. The molecule has 0 saturated heterocycles. The number of carbonyl (C=O) groups is 1. The molecule has 1 heterocycles. The maximum absolute atomic E-state index is 12.4. The van der Waals surface area contributed by atoms with Gasteiger partial charge in [-0.15, -0.1) is 0 Å². The van der Waals surface area contributed by atoms with Crippen LogP contribution in [-0.2, 0) is 0 Å². The molecule has 1 aromatic carbocycles. The Labute approximate surface area is 144 Å². The second kappa shape index (κ2) is 8.48. The van der Waals surface area contributed by atoms with Crippen molar-refractivity contribution in [3.8, 4) is 0 Å². The van der Waals surface area contributed by atoms with E-state index in [1.54, 1.807) is 12.3 Å². The van der Waals surface area contributed by atoms with Gasteiger partial charge in [-0.2, -0.15) is 0 Å². The summed E-state index contributed by atoms with van der Waals surface area (Å²) in [6, 6.07) is 11.6. The number of carbonyl (C=O) groups excluding carboxylic acids is 1. The van der Waals surface area contributed by atoms with Gasteiger partial charge in [-0.05, 0) is 48.1 Å². The van der Waals surface area contributed by atoms with E-state index in [4.69, 9.17) is 0 Å². The van der Waals surface area contributed by atoms with Crippen molar-refractivity contribution in [1.29, 1.82) is 0 Å². The Hall–Kier alpha value is -2.36. The second-order valence-corrected chi connectivity index (χ2v) is 6.77. The zero-order valence-corrected chi connectivity index (χ0v) is 15.0. The summed E-state index contributed by atoms with van der Waals surface area (Å²) in [5, 5.41) is 6.23. The summed E-state index contributed by atoms with van der Waals surface area (Å²) in [4.78, 5) is 16.5. The van der Waals surface area contributed by atoms with Crippen LogP contribution in [0.15, 0.2) is 42.6 Å². The average molecular weight is 325 g/mol. The standard InChI is InChI=1S/C20H27N3O/c1-14(2)9-11-21-18-10-12-22-19(13-18)20(24)23-17-7-5-16(6-8-17)15(3)4/h5-8,10,12-15H,9,11H2,1-4H3,(H,21,22)(H,23,24). The molecule has 2 aromatic rings. The first-order valence-corrected chi connectivity index (χ1v) is 8.57. The van der Waals surface area contributed by atoms with Gasteiger partial charge >= 0.3 is 0 Å². The lowest BCUT2D eigenvalue weighted by Crippen LogP contribution is -2.14. The van der Waals surface area contributed by atoms with E-state index >= 15 is 0 Å². The number of nitrogens with one attached hydrogen (secondary N) is 2. The summed E-state index contributed by atoms with van der Waals surface area (Å²) in [5.74, 6) is 0.931. The third-order valence-corrected chi connectivity index (χ3v) is 3.88. The molecule has 0 radical (unpaired) electrons. The summed E-state index contributed by atoms with van der Waals surface area (Å²) >= 11 is 0. The monoisotopic (exact) mass is 325 g/mol. The van der Waals surface area contributed by atoms with Crippen molar-refractivity contribution >= 4 is 17.3 Å². The quantitative estimate of drug-likeness (QED) is 0.760. The molecule has 0 fully saturated rings. The molecular weight excluding hydrogens is 298 g/mol. The largest absolute Gasteiger partial charge is 0.385 e. The lowest BCUT2D eigenvalue weighted by Gasteiger charge is -2.10. The van der Waals surface area contributed by atoms with Crippen molar-refractivity contribution in [2.45, 2.75) is 40.0 Å². The van der Waals surface area contributed by atoms with Crippen LogP contribution in [0.4, 0.5) is 11.4 Å². The number of hydrogen-bond donors (Lipinski definition) is 2. The van der Waals surface area contributed by atoms with Gasteiger partial charge in [-0.1, -0.05) is 39.8 Å². The minimum absolute atomic E-state index is 0.195. The molecule has 0 unspecified atom stereocenters. The summed E-state index contributed by atoms with van der Waals surface area (Å²) in [7, 11) is 0. The summed E-state index contributed by atoms with van der Waals surface area (Å²) in [5.41, 5.74) is 3.37. The molecule has 0 bridgehead atoms. The summed E-state index contributed by atoms with van der Waals surface area (Å²) < 4.78 is 0. The topological polar surface area (TPSA) is 54.0 Å². The Kier molecular flexibility index (Phi) is 6.36. The minimum atomic E-state index is -0.195. The van der Waals surface area contributed by atoms with Gasteiger partial charge in [0.25, 0.3) is 5.91 Å². The highest BCUT2D eigenvalue weighted by atomic mass is 16.1. The Bertz CT molecular complexity index is 663. The van der Waals surface area contributed by atoms with Gasteiger partial charge in [-0.25, -0.2) is 0 Å². The molecule has 2 N–H and O–H groups in total. The van der Waals surface area contributed by atoms with Crippen molar-refractivity contribution in [2.75, 3.05) is 17.2 Å². The van der Waals surface area contributed by atoms with E-state index in [-0.39, 0.29) is 5.91 Å². The van der Waals surface area contributed by atoms with Crippen LogP contribution in [0.5, 0.6) is 0 Å². The molecular formula is C20H27N3O. The zero-order chi connectivity index (χ0) is 17.5. The first-order valence-electron chi connectivity index (χ1n) is 8.57. The van der Waals surface area contributed by atoms with Crippen LogP contribution in [0.2, 0.25) is 0 Å². The molecule has 0 spiro atoms. The smallest absolute Gasteiger partial charge is 0.274 e. The van der Waals surface area contributed by atoms with E-state index in [9.17, 15) is 4.79 Å².